The van der Waals surface area contributed by atoms with E-state index in [0.717, 1.165) is 13.1 Å². The lowest BCUT2D eigenvalue weighted by Crippen LogP contribution is -2.14. The van der Waals surface area contributed by atoms with E-state index >= 15 is 0 Å². The maximum atomic E-state index is 8.76. The van der Waals surface area contributed by atoms with Crippen LogP contribution in [0.2, 0.25) is 0 Å². The van der Waals surface area contributed by atoms with Crippen LogP contribution in [0.25, 0.3) is 0 Å². The molecule has 1 heterocycles. The molecule has 0 amide bonds. The van der Waals surface area contributed by atoms with Crippen LogP contribution in [0.3, 0.4) is 0 Å². The highest BCUT2D eigenvalue weighted by Gasteiger charge is 2.04. The van der Waals surface area contributed by atoms with Gasteiger partial charge < -0.3 is 9.47 Å². The molecule has 0 bridgehead atoms. The zero-order valence-electron chi connectivity index (χ0n) is 10.7. The molecule has 0 N–H and O–H groups in total. The van der Waals surface area contributed by atoms with E-state index in [1.165, 1.54) is 11.3 Å². The maximum Gasteiger partial charge on any atom is 0.0991 e. The van der Waals surface area contributed by atoms with E-state index < -0.39 is 0 Å². The molecule has 0 spiro atoms. The second-order valence-corrected chi connectivity index (χ2v) is 4.56. The minimum atomic E-state index is 0.692. The molecule has 0 aliphatic rings. The molecular weight excluding hydrogens is 224 g/mol. The number of hydrogen-bond donors (Lipinski definition) is 0. The number of aromatic nitrogens is 2. The minimum Gasteiger partial charge on any atom is -0.329 e. The highest BCUT2D eigenvalue weighted by molar-refractivity contribution is 5.31. The molecule has 92 valence electrons. The molecule has 0 saturated carbocycles. The van der Waals surface area contributed by atoms with E-state index in [9.17, 15) is 0 Å². The van der Waals surface area contributed by atoms with Gasteiger partial charge in [0.1, 0.15) is 0 Å². The fourth-order valence-corrected chi connectivity index (χ4v) is 1.83. The van der Waals surface area contributed by atoms with Gasteiger partial charge in [-0.3, -0.25) is 0 Å². The molecule has 1 aromatic heterocycles. The maximum absolute atomic E-state index is 8.76. The van der Waals surface area contributed by atoms with E-state index in [1.54, 1.807) is 0 Å². The molecule has 0 radical (unpaired) electrons. The summed E-state index contributed by atoms with van der Waals surface area (Å²) in [5.74, 6) is 0. The highest BCUT2D eigenvalue weighted by Crippen LogP contribution is 2.09. The summed E-state index contributed by atoms with van der Waals surface area (Å²) in [5.41, 5.74) is 3.05. The van der Waals surface area contributed by atoms with Crippen LogP contribution >= 0.6 is 0 Å². The van der Waals surface area contributed by atoms with E-state index in [-0.39, 0.29) is 0 Å². The van der Waals surface area contributed by atoms with E-state index in [1.807, 2.05) is 50.9 Å². The Morgan fingerprint density at radius 2 is 2.00 bits per heavy atom. The summed E-state index contributed by atoms with van der Waals surface area (Å²) in [4.78, 5) is 6.31. The van der Waals surface area contributed by atoms with Gasteiger partial charge in [-0.1, -0.05) is 12.1 Å². The molecular formula is C14H16N4. The van der Waals surface area contributed by atoms with Crippen LogP contribution in [-0.2, 0) is 13.1 Å². The zero-order chi connectivity index (χ0) is 13.0. The van der Waals surface area contributed by atoms with Crippen molar-refractivity contribution >= 4 is 0 Å². The van der Waals surface area contributed by atoms with Crippen molar-refractivity contribution in [2.24, 2.45) is 0 Å². The average Bonchev–Trinajstić information content (AvgIpc) is 2.77. The standard InChI is InChI=1S/C14H16N4/c1-17(2)10-14-8-16-11-18(14)9-13-5-3-12(7-15)4-6-13/h3-6,8,11H,9-10H2,1-2H3. The molecule has 2 aromatic rings. The summed E-state index contributed by atoms with van der Waals surface area (Å²) >= 11 is 0. The molecule has 2 rings (SSSR count). The Morgan fingerprint density at radius 3 is 2.61 bits per heavy atom. The lowest BCUT2D eigenvalue weighted by atomic mass is 10.1. The first-order valence-electron chi connectivity index (χ1n) is 5.82. The second-order valence-electron chi connectivity index (χ2n) is 4.56. The Bertz CT molecular complexity index is 546. The zero-order valence-corrected chi connectivity index (χ0v) is 10.7. The topological polar surface area (TPSA) is 44.9 Å². The molecule has 0 aliphatic carbocycles. The van der Waals surface area contributed by atoms with Crippen LogP contribution in [0.5, 0.6) is 0 Å². The van der Waals surface area contributed by atoms with Crippen LogP contribution < -0.4 is 0 Å². The lowest BCUT2D eigenvalue weighted by molar-refractivity contribution is 0.389. The van der Waals surface area contributed by atoms with Crippen molar-refractivity contribution in [1.82, 2.24) is 14.5 Å². The minimum absolute atomic E-state index is 0.692. The van der Waals surface area contributed by atoms with Gasteiger partial charge in [0, 0.05) is 19.3 Å². The molecule has 0 aliphatic heterocycles. The van der Waals surface area contributed by atoms with Gasteiger partial charge in [-0.2, -0.15) is 5.26 Å². The van der Waals surface area contributed by atoms with Crippen molar-refractivity contribution in [3.63, 3.8) is 0 Å². The van der Waals surface area contributed by atoms with Crippen LogP contribution in [0, 0.1) is 11.3 Å². The predicted molar refractivity (Wildman–Crippen MR) is 69.9 cm³/mol. The van der Waals surface area contributed by atoms with Gasteiger partial charge in [0.25, 0.3) is 0 Å². The molecule has 1 aromatic carbocycles. The van der Waals surface area contributed by atoms with Crippen molar-refractivity contribution in [2.75, 3.05) is 14.1 Å². The fourth-order valence-electron chi connectivity index (χ4n) is 1.83. The van der Waals surface area contributed by atoms with Crippen molar-refractivity contribution in [3.8, 4) is 6.07 Å². The Hall–Kier alpha value is -2.12. The van der Waals surface area contributed by atoms with Crippen LogP contribution in [-0.4, -0.2) is 28.5 Å². The second kappa shape index (κ2) is 5.48. The summed E-state index contributed by atoms with van der Waals surface area (Å²) < 4.78 is 2.13. The molecule has 0 fully saturated rings. The van der Waals surface area contributed by atoms with Crippen molar-refractivity contribution in [3.05, 3.63) is 53.6 Å². The van der Waals surface area contributed by atoms with Gasteiger partial charge >= 0.3 is 0 Å². The van der Waals surface area contributed by atoms with E-state index in [0.29, 0.717) is 5.56 Å². The summed E-state index contributed by atoms with van der Waals surface area (Å²) in [6, 6.07) is 9.78. The van der Waals surface area contributed by atoms with Gasteiger partial charge in [-0.25, -0.2) is 4.98 Å². The van der Waals surface area contributed by atoms with Crippen molar-refractivity contribution in [1.29, 1.82) is 5.26 Å². The molecule has 18 heavy (non-hydrogen) atoms. The third kappa shape index (κ3) is 2.96. The van der Waals surface area contributed by atoms with Gasteiger partial charge in [0.15, 0.2) is 0 Å². The molecule has 0 unspecified atom stereocenters. The van der Waals surface area contributed by atoms with Gasteiger partial charge in [-0.15, -0.1) is 0 Å². The third-order valence-electron chi connectivity index (χ3n) is 2.71. The number of imidazole rings is 1. The Kier molecular flexibility index (Phi) is 3.75. The number of nitriles is 1. The van der Waals surface area contributed by atoms with Gasteiger partial charge in [-0.05, 0) is 31.8 Å². The third-order valence-corrected chi connectivity index (χ3v) is 2.71. The molecule has 0 atom stereocenters. The summed E-state index contributed by atoms with van der Waals surface area (Å²) in [7, 11) is 4.08. The predicted octanol–water partition coefficient (Wildman–Crippen LogP) is 1.86. The molecule has 4 heteroatoms. The molecule has 4 nitrogen and oxygen atoms in total. The fraction of sp³-hybridized carbons (Fsp3) is 0.286. The van der Waals surface area contributed by atoms with Crippen LogP contribution in [0.4, 0.5) is 0 Å². The highest BCUT2D eigenvalue weighted by atomic mass is 15.1. The van der Waals surface area contributed by atoms with E-state index in [4.69, 9.17) is 5.26 Å². The largest absolute Gasteiger partial charge is 0.329 e. The average molecular weight is 240 g/mol. The summed E-state index contributed by atoms with van der Waals surface area (Å²) in [5, 5.41) is 8.76. The quantitative estimate of drug-likeness (QED) is 0.819. The first-order chi connectivity index (χ1) is 8.69. The monoisotopic (exact) mass is 240 g/mol. The number of rotatable bonds is 4. The van der Waals surface area contributed by atoms with E-state index in [2.05, 4.69) is 20.5 Å². The first kappa shape index (κ1) is 12.3. The lowest BCUT2D eigenvalue weighted by Gasteiger charge is -2.12. The molecule has 0 saturated heterocycles. The van der Waals surface area contributed by atoms with Crippen LogP contribution in [0.15, 0.2) is 36.8 Å². The number of nitrogens with zero attached hydrogens (tertiary/aromatic N) is 4. The van der Waals surface area contributed by atoms with Gasteiger partial charge in [0.2, 0.25) is 0 Å². The number of benzene rings is 1. The Morgan fingerprint density at radius 1 is 1.28 bits per heavy atom. The Labute approximate surface area is 107 Å². The van der Waals surface area contributed by atoms with Crippen LogP contribution in [0.1, 0.15) is 16.8 Å². The number of hydrogen-bond acceptors (Lipinski definition) is 3. The summed E-state index contributed by atoms with van der Waals surface area (Å²) in [6.07, 6.45) is 3.74. The SMILES string of the molecule is CN(C)Cc1cncn1Cc1ccc(C#N)cc1. The van der Waals surface area contributed by atoms with Crippen molar-refractivity contribution < 1.29 is 0 Å². The van der Waals surface area contributed by atoms with Gasteiger partial charge in [0.05, 0.1) is 23.7 Å². The normalized spacial score (nSPS) is 10.6. The van der Waals surface area contributed by atoms with Crippen molar-refractivity contribution in [2.45, 2.75) is 13.1 Å². The first-order valence-corrected chi connectivity index (χ1v) is 5.82. The Balaban J connectivity index is 2.13. The summed E-state index contributed by atoms with van der Waals surface area (Å²) in [6.45, 7) is 1.66. The smallest absolute Gasteiger partial charge is 0.0991 e.